The van der Waals surface area contributed by atoms with E-state index in [0.29, 0.717) is 36.1 Å². The van der Waals surface area contributed by atoms with Crippen molar-refractivity contribution in [1.29, 1.82) is 0 Å². The molecular weight excluding hydrogens is 342 g/mol. The van der Waals surface area contributed by atoms with Crippen molar-refractivity contribution in [2.24, 2.45) is 5.41 Å². The Hall–Kier alpha value is -1.30. The number of amides is 2. The Morgan fingerprint density at radius 3 is 2.52 bits per heavy atom. The number of likely N-dealkylation sites (tertiary alicyclic amines) is 3. The van der Waals surface area contributed by atoms with E-state index in [1.807, 2.05) is 11.8 Å². The van der Waals surface area contributed by atoms with E-state index < -0.39 is 0 Å². The van der Waals surface area contributed by atoms with Gasteiger partial charge < -0.3 is 19.4 Å². The van der Waals surface area contributed by atoms with Gasteiger partial charge in [0.25, 0.3) is 0 Å². The van der Waals surface area contributed by atoms with Crippen molar-refractivity contribution in [2.75, 3.05) is 32.8 Å². The third-order valence-corrected chi connectivity index (χ3v) is 7.51. The summed E-state index contributed by atoms with van der Waals surface area (Å²) in [6, 6.07) is 1.60. The number of nitrogens with zero attached hydrogens (tertiary/aromatic N) is 3. The van der Waals surface area contributed by atoms with Crippen LogP contribution in [0, 0.1) is 5.41 Å². The Morgan fingerprint density at radius 2 is 1.85 bits per heavy atom. The average Bonchev–Trinajstić information content (AvgIpc) is 3.25. The van der Waals surface area contributed by atoms with Gasteiger partial charge in [-0.25, -0.2) is 4.79 Å². The van der Waals surface area contributed by atoms with Gasteiger partial charge in [-0.2, -0.15) is 0 Å². The van der Waals surface area contributed by atoms with E-state index in [9.17, 15) is 9.59 Å². The molecule has 3 aliphatic heterocycles. The minimum absolute atomic E-state index is 0.145. The predicted octanol–water partition coefficient (Wildman–Crippen LogP) is 2.86. The monoisotopic (exact) mass is 377 g/mol. The molecule has 3 heterocycles. The topological polar surface area (TPSA) is 53.1 Å². The predicted molar refractivity (Wildman–Crippen MR) is 103 cm³/mol. The van der Waals surface area contributed by atoms with Crippen molar-refractivity contribution in [2.45, 2.75) is 83.3 Å². The minimum atomic E-state index is -0.145. The van der Waals surface area contributed by atoms with Gasteiger partial charge in [-0.15, -0.1) is 0 Å². The molecule has 0 aromatic heterocycles. The van der Waals surface area contributed by atoms with Crippen LogP contribution in [0.2, 0.25) is 0 Å². The van der Waals surface area contributed by atoms with Gasteiger partial charge in [0.2, 0.25) is 5.91 Å². The van der Waals surface area contributed by atoms with Gasteiger partial charge in [-0.3, -0.25) is 4.79 Å². The van der Waals surface area contributed by atoms with E-state index in [0.717, 1.165) is 58.3 Å². The molecule has 6 heteroatoms. The number of hydrogen-bond acceptors (Lipinski definition) is 4. The van der Waals surface area contributed by atoms with Gasteiger partial charge in [0.05, 0.1) is 6.61 Å². The zero-order valence-electron chi connectivity index (χ0n) is 17.0. The number of ether oxygens (including phenoxy) is 1. The molecule has 152 valence electrons. The summed E-state index contributed by atoms with van der Waals surface area (Å²) < 4.78 is 5.12. The number of piperidine rings is 1. The summed E-state index contributed by atoms with van der Waals surface area (Å²) in [5.74, 6) is 0.383. The Bertz CT molecular complexity index is 567. The highest BCUT2D eigenvalue weighted by molar-refractivity contribution is 5.79. The van der Waals surface area contributed by atoms with Crippen LogP contribution in [-0.4, -0.2) is 77.6 Å². The molecule has 0 radical (unpaired) electrons. The Labute approximate surface area is 163 Å². The molecule has 0 aromatic carbocycles. The maximum atomic E-state index is 12.3. The lowest BCUT2D eigenvalue weighted by Gasteiger charge is -2.48. The first-order valence-corrected chi connectivity index (χ1v) is 11.0. The van der Waals surface area contributed by atoms with Crippen molar-refractivity contribution in [1.82, 2.24) is 14.7 Å². The third kappa shape index (κ3) is 3.57. The lowest BCUT2D eigenvalue weighted by atomic mass is 9.78. The van der Waals surface area contributed by atoms with E-state index in [4.69, 9.17) is 4.74 Å². The number of rotatable bonds is 4. The van der Waals surface area contributed by atoms with E-state index in [1.165, 1.54) is 19.3 Å². The molecule has 2 atom stereocenters. The van der Waals surface area contributed by atoms with Crippen LogP contribution in [0.4, 0.5) is 4.79 Å². The highest BCUT2D eigenvalue weighted by atomic mass is 16.6. The maximum absolute atomic E-state index is 12.3. The zero-order valence-corrected chi connectivity index (χ0v) is 17.0. The van der Waals surface area contributed by atoms with Crippen LogP contribution in [0.15, 0.2) is 0 Å². The van der Waals surface area contributed by atoms with Crippen LogP contribution in [0.3, 0.4) is 0 Å². The standard InChI is InChI=1S/C21H35N3O3/c1-3-16-5-6-19(25)24(16)17-8-11-22(12-9-17)18-7-10-21(13-18)14-23(15-21)20(26)27-4-2/h16-18H,3-15H2,1-2H3/t16-,18?/m0/s1. The lowest BCUT2D eigenvalue weighted by Crippen LogP contribution is -2.58. The fraction of sp³-hybridized carbons (Fsp3) is 0.905. The van der Waals surface area contributed by atoms with Crippen LogP contribution in [0.1, 0.15) is 65.2 Å². The molecule has 4 rings (SSSR count). The number of carbonyl (C=O) groups is 2. The second-order valence-electron chi connectivity index (χ2n) is 9.12. The highest BCUT2D eigenvalue weighted by Crippen LogP contribution is 2.47. The van der Waals surface area contributed by atoms with E-state index in [-0.39, 0.29) is 6.09 Å². The molecule has 0 N–H and O–H groups in total. The molecular formula is C21H35N3O3. The lowest BCUT2D eigenvalue weighted by molar-refractivity contribution is -0.132. The van der Waals surface area contributed by atoms with Crippen LogP contribution in [0.25, 0.3) is 0 Å². The maximum Gasteiger partial charge on any atom is 0.409 e. The molecule has 2 amide bonds. The molecule has 27 heavy (non-hydrogen) atoms. The first-order valence-electron chi connectivity index (χ1n) is 11.0. The molecule has 4 fully saturated rings. The zero-order chi connectivity index (χ0) is 19.0. The van der Waals surface area contributed by atoms with Gasteiger partial charge in [-0.05, 0) is 51.9 Å². The summed E-state index contributed by atoms with van der Waals surface area (Å²) in [7, 11) is 0. The van der Waals surface area contributed by atoms with E-state index in [1.54, 1.807) is 0 Å². The Kier molecular flexibility index (Phi) is 5.36. The van der Waals surface area contributed by atoms with E-state index >= 15 is 0 Å². The van der Waals surface area contributed by atoms with Gasteiger partial charge >= 0.3 is 6.09 Å². The molecule has 1 unspecified atom stereocenters. The first kappa shape index (κ1) is 19.0. The van der Waals surface area contributed by atoms with Crippen LogP contribution in [0.5, 0.6) is 0 Å². The molecule has 4 aliphatic rings. The second-order valence-corrected chi connectivity index (χ2v) is 9.12. The van der Waals surface area contributed by atoms with Crippen molar-refractivity contribution in [3.05, 3.63) is 0 Å². The fourth-order valence-electron chi connectivity index (χ4n) is 6.08. The van der Waals surface area contributed by atoms with Crippen molar-refractivity contribution in [3.8, 4) is 0 Å². The van der Waals surface area contributed by atoms with Gasteiger partial charge in [-0.1, -0.05) is 6.92 Å². The van der Waals surface area contributed by atoms with Gasteiger partial charge in [0, 0.05) is 56.1 Å². The summed E-state index contributed by atoms with van der Waals surface area (Å²) in [6.45, 7) is 8.51. The fourth-order valence-corrected chi connectivity index (χ4v) is 6.08. The molecule has 1 saturated carbocycles. The molecule has 0 bridgehead atoms. The molecule has 1 aliphatic carbocycles. The number of carbonyl (C=O) groups excluding carboxylic acids is 2. The molecule has 6 nitrogen and oxygen atoms in total. The SMILES string of the molecule is CCOC(=O)N1CC2(CCC(N3CCC(N4C(=O)CC[C@@H]4CC)CC3)C2)C1. The Balaban J connectivity index is 1.25. The largest absolute Gasteiger partial charge is 0.450 e. The summed E-state index contributed by atoms with van der Waals surface area (Å²) in [4.78, 5) is 30.9. The summed E-state index contributed by atoms with van der Waals surface area (Å²) in [6.07, 6.45) is 8.70. The van der Waals surface area contributed by atoms with E-state index in [2.05, 4.69) is 16.7 Å². The first-order chi connectivity index (χ1) is 13.0. The minimum Gasteiger partial charge on any atom is -0.450 e. The number of hydrogen-bond donors (Lipinski definition) is 0. The van der Waals surface area contributed by atoms with Crippen LogP contribution < -0.4 is 0 Å². The second kappa shape index (κ2) is 7.61. The van der Waals surface area contributed by atoms with Crippen molar-refractivity contribution < 1.29 is 14.3 Å². The quantitative estimate of drug-likeness (QED) is 0.756. The normalized spacial score (nSPS) is 31.6. The highest BCUT2D eigenvalue weighted by Gasteiger charge is 2.51. The van der Waals surface area contributed by atoms with Gasteiger partial charge in [0.1, 0.15) is 0 Å². The molecule has 0 aromatic rings. The molecule has 3 saturated heterocycles. The van der Waals surface area contributed by atoms with Crippen LogP contribution in [-0.2, 0) is 9.53 Å². The summed E-state index contributed by atoms with van der Waals surface area (Å²) in [5.41, 5.74) is 0.340. The average molecular weight is 378 g/mol. The van der Waals surface area contributed by atoms with Crippen molar-refractivity contribution in [3.63, 3.8) is 0 Å². The smallest absolute Gasteiger partial charge is 0.409 e. The summed E-state index contributed by atoms with van der Waals surface area (Å²) in [5, 5.41) is 0. The van der Waals surface area contributed by atoms with Crippen LogP contribution >= 0.6 is 0 Å². The molecule has 1 spiro atoms. The summed E-state index contributed by atoms with van der Waals surface area (Å²) >= 11 is 0. The Morgan fingerprint density at radius 1 is 1.11 bits per heavy atom. The van der Waals surface area contributed by atoms with Gasteiger partial charge in [0.15, 0.2) is 0 Å². The van der Waals surface area contributed by atoms with Crippen molar-refractivity contribution >= 4 is 12.0 Å². The third-order valence-electron chi connectivity index (χ3n) is 7.51.